The lowest BCUT2D eigenvalue weighted by molar-refractivity contribution is -0.669. The molecule has 0 aliphatic rings. The van der Waals surface area contributed by atoms with Crippen LogP contribution >= 0.6 is 22.7 Å². The smallest absolute Gasteiger partial charge is 0.303 e. The molecule has 5 rings (SSSR count). The molecule has 0 fully saturated rings. The molecule has 0 aliphatic carbocycles. The lowest BCUT2D eigenvalue weighted by atomic mass is 10.1. The Balaban J connectivity index is 1.63. The first kappa shape index (κ1) is 24.2. The van der Waals surface area contributed by atoms with E-state index in [9.17, 15) is 4.79 Å². The number of methoxy groups -OCH3 is 1. The van der Waals surface area contributed by atoms with Crippen LogP contribution in [0, 0.1) is 6.72 Å². The number of thiazole rings is 2. The van der Waals surface area contributed by atoms with Gasteiger partial charge in [-0.25, -0.2) is 0 Å². The van der Waals surface area contributed by atoms with Crippen LogP contribution in [0.3, 0.4) is 0 Å². The normalized spacial score (nSPS) is 12.7. The number of nitrogens with zero attached hydrogens (tertiary/aromatic N) is 2. The van der Waals surface area contributed by atoms with Gasteiger partial charge in [0.15, 0.2) is 6.54 Å². The summed E-state index contributed by atoms with van der Waals surface area (Å²) in [6.45, 7) is 7.17. The molecule has 0 amide bonds. The highest BCUT2D eigenvalue weighted by molar-refractivity contribution is 7.19. The second-order valence-electron chi connectivity index (χ2n) is 8.64. The fourth-order valence-corrected chi connectivity index (χ4v) is 6.71. The average Bonchev–Trinajstić information content (AvgIpc) is 3.39. The molecule has 36 heavy (non-hydrogen) atoms. The Morgan fingerprint density at radius 3 is 2.69 bits per heavy atom. The van der Waals surface area contributed by atoms with Crippen LogP contribution in [-0.2, 0) is 11.3 Å². The fraction of sp³-hybridized carbons (Fsp3) is 0.207. The summed E-state index contributed by atoms with van der Waals surface area (Å²) >= 11 is 3.45. The predicted molar refractivity (Wildman–Crippen MR) is 148 cm³/mol. The Kier molecular flexibility index (Phi) is 6.85. The molecule has 0 saturated carbocycles. The molecule has 0 atom stereocenters. The molecule has 0 unspecified atom stereocenters. The highest BCUT2D eigenvalue weighted by Gasteiger charge is 2.21. The van der Waals surface area contributed by atoms with Crippen LogP contribution in [0.1, 0.15) is 31.2 Å². The minimum absolute atomic E-state index is 0.140. The van der Waals surface area contributed by atoms with Crippen LogP contribution in [-0.4, -0.2) is 18.2 Å². The van der Waals surface area contributed by atoms with Crippen molar-refractivity contribution in [1.82, 2.24) is 0 Å². The first-order valence-corrected chi connectivity index (χ1v) is 13.6. The van der Waals surface area contributed by atoms with Gasteiger partial charge in [0, 0.05) is 18.6 Å². The van der Waals surface area contributed by atoms with Crippen molar-refractivity contribution >= 4 is 72.0 Å². The summed E-state index contributed by atoms with van der Waals surface area (Å²) in [4.78, 5) is 11.1. The van der Waals surface area contributed by atoms with E-state index in [1.807, 2.05) is 16.4 Å². The number of hydrogen-bond acceptors (Lipinski definition) is 4. The second-order valence-corrected chi connectivity index (χ2v) is 10.8. The minimum atomic E-state index is -0.773. The number of hydrogen-bond donors (Lipinski definition) is 1. The summed E-state index contributed by atoms with van der Waals surface area (Å²) < 4.78 is 13.2. The molecule has 0 saturated heterocycles. The van der Waals surface area contributed by atoms with Crippen LogP contribution in [0.4, 0.5) is 0 Å². The van der Waals surface area contributed by atoms with Crippen molar-refractivity contribution in [2.75, 3.05) is 7.11 Å². The van der Waals surface area contributed by atoms with E-state index in [0.29, 0.717) is 13.0 Å². The monoisotopic (exact) mass is 516 g/mol. The van der Waals surface area contributed by atoms with E-state index in [-0.39, 0.29) is 6.42 Å². The zero-order valence-electron chi connectivity index (χ0n) is 20.4. The van der Waals surface area contributed by atoms with Crippen molar-refractivity contribution in [3.8, 4) is 5.75 Å². The van der Waals surface area contributed by atoms with E-state index in [0.717, 1.165) is 37.6 Å². The zero-order chi connectivity index (χ0) is 25.2. The summed E-state index contributed by atoms with van der Waals surface area (Å²) in [5, 5.41) is 12.7. The summed E-state index contributed by atoms with van der Waals surface area (Å²) in [5.74, 6) is 0.0189. The van der Waals surface area contributed by atoms with E-state index in [1.54, 1.807) is 29.8 Å². The number of carboxylic acid groups (broad SMARTS) is 1. The van der Waals surface area contributed by atoms with E-state index in [4.69, 9.17) is 9.84 Å². The van der Waals surface area contributed by atoms with Crippen LogP contribution in [0.2, 0.25) is 0 Å². The van der Waals surface area contributed by atoms with Gasteiger partial charge in [-0.15, -0.1) is 0 Å². The number of benzene rings is 3. The molecule has 0 aliphatic heterocycles. The largest absolute Gasteiger partial charge is 0.497 e. The second kappa shape index (κ2) is 10.2. The zero-order valence-corrected chi connectivity index (χ0v) is 22.0. The molecule has 182 valence electrons. The van der Waals surface area contributed by atoms with Gasteiger partial charge in [0.2, 0.25) is 11.0 Å². The van der Waals surface area contributed by atoms with E-state index in [1.165, 1.54) is 21.0 Å². The molecule has 5 nitrogen and oxygen atoms in total. The number of aromatic nitrogens is 2. The van der Waals surface area contributed by atoms with Gasteiger partial charge in [-0.3, -0.25) is 4.79 Å². The van der Waals surface area contributed by atoms with Crippen molar-refractivity contribution < 1.29 is 23.4 Å². The van der Waals surface area contributed by atoms with Gasteiger partial charge in [0.05, 0.1) is 25.0 Å². The maximum Gasteiger partial charge on any atom is 0.303 e. The lowest BCUT2D eigenvalue weighted by Gasteiger charge is -2.00. The molecule has 3 aromatic carbocycles. The van der Waals surface area contributed by atoms with Crippen molar-refractivity contribution in [3.63, 3.8) is 0 Å². The molecule has 0 spiro atoms. The molecule has 7 heteroatoms. The Morgan fingerprint density at radius 1 is 1.11 bits per heavy atom. The number of ether oxygens (including phenoxy) is 1. The predicted octanol–water partition coefficient (Wildman–Crippen LogP) is 5.63. The first-order valence-electron chi connectivity index (χ1n) is 11.9. The van der Waals surface area contributed by atoms with Crippen LogP contribution in [0.5, 0.6) is 5.75 Å². The topological polar surface area (TPSA) is 56.3 Å². The quantitative estimate of drug-likeness (QED) is 0.272. The van der Waals surface area contributed by atoms with E-state index in [2.05, 4.69) is 72.8 Å². The third-order valence-electron chi connectivity index (χ3n) is 6.35. The lowest BCUT2D eigenvalue weighted by Crippen LogP contribution is -2.35. The Bertz CT molecular complexity index is 1750. The van der Waals surface area contributed by atoms with Crippen molar-refractivity contribution in [3.05, 3.63) is 76.6 Å². The Morgan fingerprint density at radius 2 is 1.92 bits per heavy atom. The molecular formula is C29H28N2O3S2+2. The van der Waals surface area contributed by atoms with Crippen LogP contribution in [0.15, 0.2) is 60.2 Å². The summed E-state index contributed by atoms with van der Waals surface area (Å²) in [5.41, 5.74) is 3.40. The van der Waals surface area contributed by atoms with Gasteiger partial charge < -0.3 is 9.84 Å². The number of carbonyl (C=O) groups is 1. The molecule has 2 heterocycles. The number of fused-ring (bicyclic) bond motifs is 4. The first-order chi connectivity index (χ1) is 17.5. The summed E-state index contributed by atoms with van der Waals surface area (Å²) in [6.07, 6.45) is 6.01. The van der Waals surface area contributed by atoms with Gasteiger partial charge in [-0.1, -0.05) is 53.9 Å². The third kappa shape index (κ3) is 4.64. The van der Waals surface area contributed by atoms with Crippen molar-refractivity contribution in [2.24, 2.45) is 0 Å². The van der Waals surface area contributed by atoms with E-state index >= 15 is 0 Å². The van der Waals surface area contributed by atoms with Gasteiger partial charge >= 0.3 is 5.97 Å². The number of rotatable bonds is 8. The number of aryl methyl sites for hydroxylation is 1. The van der Waals surface area contributed by atoms with Crippen molar-refractivity contribution in [2.45, 2.75) is 32.7 Å². The maximum absolute atomic E-state index is 11.1. The van der Waals surface area contributed by atoms with Crippen molar-refractivity contribution in [1.29, 1.82) is 0 Å². The van der Waals surface area contributed by atoms with Gasteiger partial charge in [-0.2, -0.15) is 8.81 Å². The van der Waals surface area contributed by atoms with E-state index < -0.39 is 5.97 Å². The number of carboxylic acids is 1. The minimum Gasteiger partial charge on any atom is -0.497 e. The standard InChI is InChI=1S/C29H27N2O3S2/c1-4-19(16-26-30(2)29-22-9-6-5-8-20(22)11-13-25(29)36-26)17-27-31(15-7-10-28(32)33)23-18-21(34-3)12-14-24(23)35-27/h5-6,8-9,11-14,16-18H,2,4,7,10,15H2,1,3H3/q+1/p+1. The van der Waals surface area contributed by atoms with Gasteiger partial charge in [0.1, 0.15) is 21.9 Å². The highest BCUT2D eigenvalue weighted by atomic mass is 32.1. The summed E-state index contributed by atoms with van der Waals surface area (Å²) in [7, 11) is 1.66. The molecule has 0 radical (unpaired) electrons. The van der Waals surface area contributed by atoms with Gasteiger partial charge in [-0.05, 0) is 41.6 Å². The average molecular weight is 517 g/mol. The fourth-order valence-electron chi connectivity index (χ4n) is 4.48. The Labute approximate surface area is 217 Å². The molecular weight excluding hydrogens is 488 g/mol. The Hall–Kier alpha value is -3.55. The number of aliphatic carboxylic acids is 1. The third-order valence-corrected chi connectivity index (χ3v) is 8.56. The van der Waals surface area contributed by atoms with Gasteiger partial charge in [0.25, 0.3) is 9.67 Å². The molecule has 1 N–H and O–H groups in total. The van der Waals surface area contributed by atoms with Crippen LogP contribution in [0.25, 0.3) is 43.4 Å². The summed E-state index contributed by atoms with van der Waals surface area (Å²) in [6, 6.07) is 18.8. The number of allylic oxidation sites excluding steroid dienone is 1. The SMILES string of the molecule is C=[n+]1c(=CC(=Cc2sc3ccc(OC)cc3[n+]2CCCC(=O)O)CC)sc2ccc3ccccc3c21. The maximum atomic E-state index is 11.1. The highest BCUT2D eigenvalue weighted by Crippen LogP contribution is 2.27. The molecule has 0 bridgehead atoms. The van der Waals surface area contributed by atoms with Crippen LogP contribution < -0.4 is 18.2 Å². The molecule has 2 aromatic heterocycles. The molecule has 5 aromatic rings.